The van der Waals surface area contributed by atoms with Gasteiger partial charge >= 0.3 is 0 Å². The van der Waals surface area contributed by atoms with Gasteiger partial charge in [0, 0.05) is 24.3 Å². The minimum Gasteiger partial charge on any atom is -0.493 e. The first-order chi connectivity index (χ1) is 13.0. The van der Waals surface area contributed by atoms with Crippen LogP contribution in [0.4, 0.5) is 15.8 Å². The summed E-state index contributed by atoms with van der Waals surface area (Å²) in [6.07, 6.45) is 2.15. The second kappa shape index (κ2) is 8.61. The van der Waals surface area contributed by atoms with Crippen molar-refractivity contribution < 1.29 is 18.7 Å². The first kappa shape index (κ1) is 19.5. The van der Waals surface area contributed by atoms with Crippen LogP contribution in [0.25, 0.3) is 0 Å². The molecule has 1 aliphatic rings. The fourth-order valence-electron chi connectivity index (χ4n) is 3.14. The van der Waals surface area contributed by atoms with Crippen molar-refractivity contribution in [2.24, 2.45) is 0 Å². The maximum atomic E-state index is 14.4. The monoisotopic (exact) mass is 436 g/mol. The molecule has 0 spiro atoms. The van der Waals surface area contributed by atoms with Gasteiger partial charge in [0.05, 0.1) is 23.9 Å². The fourth-order valence-corrected chi connectivity index (χ4v) is 3.69. The third-order valence-electron chi connectivity index (χ3n) is 4.43. The number of nitrogens with one attached hydrogen (secondary N) is 1. The first-order valence-corrected chi connectivity index (χ1v) is 9.69. The average molecular weight is 437 g/mol. The lowest BCUT2D eigenvalue weighted by atomic mass is 10.1. The number of rotatable bonds is 6. The van der Waals surface area contributed by atoms with Crippen LogP contribution >= 0.6 is 15.9 Å². The number of anilines is 2. The topological polar surface area (TPSA) is 50.8 Å². The highest BCUT2D eigenvalue weighted by atomic mass is 79.9. The molecule has 2 aromatic rings. The van der Waals surface area contributed by atoms with Crippen molar-refractivity contribution in [2.45, 2.75) is 19.8 Å². The molecule has 144 valence electrons. The molecule has 0 radical (unpaired) electrons. The maximum absolute atomic E-state index is 14.4. The first-order valence-electron chi connectivity index (χ1n) is 8.89. The molecule has 2 aromatic carbocycles. The minimum atomic E-state index is -0.356. The summed E-state index contributed by atoms with van der Waals surface area (Å²) in [6, 6.07) is 8.03. The van der Waals surface area contributed by atoms with Crippen molar-refractivity contribution in [3.05, 3.63) is 46.2 Å². The van der Waals surface area contributed by atoms with Gasteiger partial charge in [-0.1, -0.05) is 0 Å². The van der Waals surface area contributed by atoms with Crippen LogP contribution in [0.15, 0.2) is 34.8 Å². The maximum Gasteiger partial charge on any atom is 0.255 e. The molecule has 0 unspecified atom stereocenters. The van der Waals surface area contributed by atoms with Crippen LogP contribution in [-0.4, -0.2) is 32.7 Å². The van der Waals surface area contributed by atoms with Crippen LogP contribution in [-0.2, 0) is 0 Å². The molecular formula is C20H22BrFN2O3. The van der Waals surface area contributed by atoms with Crippen molar-refractivity contribution in [2.75, 3.05) is 37.0 Å². The summed E-state index contributed by atoms with van der Waals surface area (Å²) in [5, 5.41) is 2.73. The molecule has 1 amide bonds. The SMILES string of the molecule is CCOc1c(Br)cc(C(=O)Nc2ccc(N3CCCC3)c(F)c2)cc1OC. The van der Waals surface area contributed by atoms with E-state index in [1.807, 2.05) is 11.8 Å². The zero-order valence-corrected chi connectivity index (χ0v) is 16.9. The Labute approximate surface area is 166 Å². The lowest BCUT2D eigenvalue weighted by molar-refractivity contribution is 0.102. The molecular weight excluding hydrogens is 415 g/mol. The zero-order chi connectivity index (χ0) is 19.4. The van der Waals surface area contributed by atoms with E-state index >= 15 is 0 Å². The minimum absolute atomic E-state index is 0.333. The Morgan fingerprint density at radius 2 is 2.00 bits per heavy atom. The summed E-state index contributed by atoms with van der Waals surface area (Å²) in [7, 11) is 1.51. The molecule has 27 heavy (non-hydrogen) atoms. The number of carbonyl (C=O) groups excluding carboxylic acids is 1. The fraction of sp³-hybridized carbons (Fsp3) is 0.350. The van der Waals surface area contributed by atoms with Gasteiger partial charge in [-0.2, -0.15) is 0 Å². The van der Waals surface area contributed by atoms with Gasteiger partial charge < -0.3 is 19.7 Å². The smallest absolute Gasteiger partial charge is 0.255 e. The Morgan fingerprint density at radius 1 is 1.26 bits per heavy atom. The van der Waals surface area contributed by atoms with Gasteiger partial charge in [-0.25, -0.2) is 4.39 Å². The van der Waals surface area contributed by atoms with Crippen LogP contribution in [0.5, 0.6) is 11.5 Å². The Bertz CT molecular complexity index is 838. The van der Waals surface area contributed by atoms with Gasteiger partial charge in [-0.15, -0.1) is 0 Å². The highest BCUT2D eigenvalue weighted by Gasteiger charge is 2.18. The van der Waals surface area contributed by atoms with Gasteiger partial charge in [0.2, 0.25) is 0 Å². The standard InChI is InChI=1S/C20H22BrFN2O3/c1-3-27-19-15(21)10-13(11-18(19)26-2)20(25)23-14-6-7-17(16(22)12-14)24-8-4-5-9-24/h6-7,10-12H,3-5,8-9H2,1-2H3,(H,23,25). The molecule has 3 rings (SSSR count). The molecule has 0 atom stereocenters. The molecule has 1 saturated heterocycles. The Hall–Kier alpha value is -2.28. The van der Waals surface area contributed by atoms with E-state index < -0.39 is 0 Å². The highest BCUT2D eigenvalue weighted by Crippen LogP contribution is 2.37. The molecule has 1 aliphatic heterocycles. The zero-order valence-electron chi connectivity index (χ0n) is 15.4. The van der Waals surface area contributed by atoms with Crippen LogP contribution in [0.3, 0.4) is 0 Å². The van der Waals surface area contributed by atoms with E-state index in [1.54, 1.807) is 24.3 Å². The summed E-state index contributed by atoms with van der Waals surface area (Å²) in [6.45, 7) is 4.07. The van der Waals surface area contributed by atoms with Gasteiger partial charge in [0.1, 0.15) is 5.82 Å². The molecule has 0 saturated carbocycles. The van der Waals surface area contributed by atoms with Crippen molar-refractivity contribution in [1.29, 1.82) is 0 Å². The van der Waals surface area contributed by atoms with Crippen molar-refractivity contribution in [3.63, 3.8) is 0 Å². The average Bonchev–Trinajstić information content (AvgIpc) is 3.17. The van der Waals surface area contributed by atoms with Gasteiger partial charge in [-0.05, 0) is 66.0 Å². The molecule has 7 heteroatoms. The molecule has 5 nitrogen and oxygen atoms in total. The predicted octanol–water partition coefficient (Wildman–Crippen LogP) is 4.85. The number of ether oxygens (including phenoxy) is 2. The van der Waals surface area contributed by atoms with Gasteiger partial charge in [-0.3, -0.25) is 4.79 Å². The predicted molar refractivity (Wildman–Crippen MR) is 108 cm³/mol. The van der Waals surface area contributed by atoms with E-state index in [2.05, 4.69) is 21.2 Å². The third-order valence-corrected chi connectivity index (χ3v) is 5.02. The molecule has 0 aromatic heterocycles. The molecule has 1 fully saturated rings. The van der Waals surface area contributed by atoms with E-state index in [4.69, 9.17) is 9.47 Å². The second-order valence-corrected chi connectivity index (χ2v) is 7.09. The number of amides is 1. The second-order valence-electron chi connectivity index (χ2n) is 6.24. The third kappa shape index (κ3) is 4.35. The summed E-state index contributed by atoms with van der Waals surface area (Å²) >= 11 is 3.40. The molecule has 1 N–H and O–H groups in total. The number of nitrogens with zero attached hydrogens (tertiary/aromatic N) is 1. The molecule has 1 heterocycles. The summed E-state index contributed by atoms with van der Waals surface area (Å²) in [5.74, 6) is 0.301. The van der Waals surface area contributed by atoms with E-state index in [0.29, 0.717) is 39.5 Å². The number of halogens is 2. The van der Waals surface area contributed by atoms with Crippen molar-refractivity contribution in [3.8, 4) is 11.5 Å². The quantitative estimate of drug-likeness (QED) is 0.702. The molecule has 0 aliphatic carbocycles. The number of benzene rings is 2. The van der Waals surface area contributed by atoms with E-state index in [1.165, 1.54) is 13.2 Å². The van der Waals surface area contributed by atoms with Crippen molar-refractivity contribution >= 4 is 33.2 Å². The van der Waals surface area contributed by atoms with Crippen LogP contribution in [0.1, 0.15) is 30.1 Å². The summed E-state index contributed by atoms with van der Waals surface area (Å²) in [4.78, 5) is 14.6. The number of hydrogen-bond acceptors (Lipinski definition) is 4. The van der Waals surface area contributed by atoms with E-state index in [0.717, 1.165) is 25.9 Å². The largest absolute Gasteiger partial charge is 0.493 e. The van der Waals surface area contributed by atoms with Gasteiger partial charge in [0.15, 0.2) is 11.5 Å². The van der Waals surface area contributed by atoms with E-state index in [9.17, 15) is 9.18 Å². The Kier molecular flexibility index (Phi) is 6.21. The summed E-state index contributed by atoms with van der Waals surface area (Å²) in [5.41, 5.74) is 1.37. The summed E-state index contributed by atoms with van der Waals surface area (Å²) < 4.78 is 25.9. The van der Waals surface area contributed by atoms with E-state index in [-0.39, 0.29) is 11.7 Å². The lowest BCUT2D eigenvalue weighted by Crippen LogP contribution is -2.19. The van der Waals surface area contributed by atoms with Crippen LogP contribution in [0, 0.1) is 5.82 Å². The number of carbonyl (C=O) groups is 1. The highest BCUT2D eigenvalue weighted by molar-refractivity contribution is 9.10. The number of hydrogen-bond donors (Lipinski definition) is 1. The number of methoxy groups -OCH3 is 1. The van der Waals surface area contributed by atoms with Crippen LogP contribution < -0.4 is 19.7 Å². The van der Waals surface area contributed by atoms with Gasteiger partial charge in [0.25, 0.3) is 5.91 Å². The van der Waals surface area contributed by atoms with Crippen LogP contribution in [0.2, 0.25) is 0 Å². The normalized spacial score (nSPS) is 13.6. The lowest BCUT2D eigenvalue weighted by Gasteiger charge is -2.19. The Balaban J connectivity index is 1.79. The molecule has 0 bridgehead atoms. The Morgan fingerprint density at radius 3 is 2.63 bits per heavy atom. The van der Waals surface area contributed by atoms with Crippen molar-refractivity contribution in [1.82, 2.24) is 0 Å².